The molecule has 2 aromatic rings. The fourth-order valence-corrected chi connectivity index (χ4v) is 3.05. The summed E-state index contributed by atoms with van der Waals surface area (Å²) in [5.41, 5.74) is 2.33. The number of nitrogens with zero attached hydrogens (tertiary/aromatic N) is 1. The van der Waals surface area contributed by atoms with Gasteiger partial charge in [-0.1, -0.05) is 11.6 Å². The van der Waals surface area contributed by atoms with Crippen molar-refractivity contribution in [1.82, 2.24) is 4.98 Å². The maximum Gasteiger partial charge on any atom is 0.126 e. The van der Waals surface area contributed by atoms with Gasteiger partial charge in [-0.2, -0.15) is 0 Å². The summed E-state index contributed by atoms with van der Waals surface area (Å²) < 4.78 is 6.90. The average molecular weight is 387 g/mol. The van der Waals surface area contributed by atoms with Crippen LogP contribution in [0.1, 0.15) is 22.9 Å². The molecule has 0 saturated heterocycles. The Morgan fingerprint density at radius 2 is 2.00 bits per heavy atom. The number of aliphatic hydroxyl groups is 1. The first kappa shape index (κ1) is 14.5. The van der Waals surface area contributed by atoms with E-state index in [9.17, 15) is 5.11 Å². The van der Waals surface area contributed by atoms with Crippen LogP contribution >= 0.6 is 31.9 Å². The van der Waals surface area contributed by atoms with Crippen LogP contribution in [0.25, 0.3) is 0 Å². The van der Waals surface area contributed by atoms with Crippen molar-refractivity contribution in [1.29, 1.82) is 0 Å². The van der Waals surface area contributed by atoms with E-state index in [0.29, 0.717) is 17.0 Å². The number of halogens is 2. The van der Waals surface area contributed by atoms with Gasteiger partial charge in [-0.3, -0.25) is 4.98 Å². The number of aromatic nitrogens is 1. The monoisotopic (exact) mass is 385 g/mol. The highest BCUT2D eigenvalue weighted by Crippen LogP contribution is 2.33. The van der Waals surface area contributed by atoms with Crippen molar-refractivity contribution in [3.63, 3.8) is 0 Å². The third-order valence-corrected chi connectivity index (χ3v) is 3.84. The fraction of sp³-hybridized carbons (Fsp3) is 0.214. The maximum atomic E-state index is 10.5. The quantitative estimate of drug-likeness (QED) is 0.866. The smallest absolute Gasteiger partial charge is 0.126 e. The largest absolute Gasteiger partial charge is 0.496 e. The summed E-state index contributed by atoms with van der Waals surface area (Å²) >= 11 is 6.76. The molecule has 0 aliphatic carbocycles. The molecule has 0 aliphatic heterocycles. The Kier molecular flexibility index (Phi) is 4.60. The molecular formula is C14H13Br2NO2. The average Bonchev–Trinajstić information content (AvgIpc) is 2.38. The summed E-state index contributed by atoms with van der Waals surface area (Å²) in [5.74, 6) is 0.648. The highest BCUT2D eigenvalue weighted by molar-refractivity contribution is 9.11. The Hall–Kier alpha value is -0.910. The minimum atomic E-state index is -0.836. The third kappa shape index (κ3) is 3.16. The lowest BCUT2D eigenvalue weighted by molar-refractivity contribution is 0.209. The zero-order chi connectivity index (χ0) is 14.0. The number of hydrogen-bond acceptors (Lipinski definition) is 3. The van der Waals surface area contributed by atoms with Gasteiger partial charge in [0.2, 0.25) is 0 Å². The van der Waals surface area contributed by atoms with Crippen molar-refractivity contribution in [2.75, 3.05) is 7.11 Å². The number of aliphatic hydroxyl groups excluding tert-OH is 1. The number of methoxy groups -OCH3 is 1. The predicted molar refractivity (Wildman–Crippen MR) is 81.4 cm³/mol. The first-order chi connectivity index (χ1) is 9.02. The van der Waals surface area contributed by atoms with Gasteiger partial charge in [0.05, 0.1) is 12.8 Å². The Labute approximate surface area is 128 Å². The molecule has 19 heavy (non-hydrogen) atoms. The molecular weight excluding hydrogens is 374 g/mol. The predicted octanol–water partition coefficient (Wildman–Crippen LogP) is 4.01. The lowest BCUT2D eigenvalue weighted by atomic mass is 10.0. The zero-order valence-corrected chi connectivity index (χ0v) is 13.7. The first-order valence-corrected chi connectivity index (χ1v) is 7.25. The zero-order valence-electron chi connectivity index (χ0n) is 10.5. The van der Waals surface area contributed by atoms with E-state index >= 15 is 0 Å². The van der Waals surface area contributed by atoms with Gasteiger partial charge in [0.15, 0.2) is 0 Å². The van der Waals surface area contributed by atoms with Gasteiger partial charge in [-0.05, 0) is 57.0 Å². The van der Waals surface area contributed by atoms with Crippen molar-refractivity contribution in [3.05, 3.63) is 56.2 Å². The topological polar surface area (TPSA) is 42.4 Å². The number of pyridine rings is 1. The van der Waals surface area contributed by atoms with Gasteiger partial charge in [0.1, 0.15) is 11.9 Å². The van der Waals surface area contributed by atoms with Crippen LogP contribution in [0.4, 0.5) is 0 Å². The van der Waals surface area contributed by atoms with Crippen LogP contribution in [0.15, 0.2) is 39.4 Å². The number of hydrogen-bond donors (Lipinski definition) is 1. The number of benzene rings is 1. The van der Waals surface area contributed by atoms with Gasteiger partial charge in [-0.25, -0.2) is 0 Å². The second-order valence-electron chi connectivity index (χ2n) is 4.17. The molecule has 1 unspecified atom stereocenters. The fourth-order valence-electron chi connectivity index (χ4n) is 1.84. The molecule has 1 aromatic carbocycles. The maximum absolute atomic E-state index is 10.5. The van der Waals surface area contributed by atoms with Crippen LogP contribution in [0.5, 0.6) is 5.75 Å². The lowest BCUT2D eigenvalue weighted by Crippen LogP contribution is -2.06. The van der Waals surface area contributed by atoms with E-state index in [-0.39, 0.29) is 0 Å². The molecule has 1 aromatic heterocycles. The second kappa shape index (κ2) is 6.03. The third-order valence-electron chi connectivity index (χ3n) is 2.78. The normalized spacial score (nSPS) is 12.3. The van der Waals surface area contributed by atoms with E-state index in [1.54, 1.807) is 13.3 Å². The van der Waals surface area contributed by atoms with Crippen LogP contribution in [-0.2, 0) is 0 Å². The van der Waals surface area contributed by atoms with Gasteiger partial charge in [0, 0.05) is 20.7 Å². The molecule has 5 heteroatoms. The summed E-state index contributed by atoms with van der Waals surface area (Å²) in [6.07, 6.45) is 0.823. The van der Waals surface area contributed by atoms with E-state index < -0.39 is 6.10 Å². The van der Waals surface area contributed by atoms with Gasteiger partial charge < -0.3 is 9.84 Å². The molecule has 100 valence electrons. The molecule has 2 rings (SSSR count). The minimum Gasteiger partial charge on any atom is -0.496 e. The molecule has 0 amide bonds. The van der Waals surface area contributed by atoms with Gasteiger partial charge in [-0.15, -0.1) is 0 Å². The molecule has 1 atom stereocenters. The van der Waals surface area contributed by atoms with Gasteiger partial charge in [0.25, 0.3) is 0 Å². The Balaban J connectivity index is 2.49. The van der Waals surface area contributed by atoms with Crippen LogP contribution < -0.4 is 4.74 Å². The first-order valence-electron chi connectivity index (χ1n) is 5.66. The second-order valence-corrected chi connectivity index (χ2v) is 5.94. The summed E-state index contributed by atoms with van der Waals surface area (Å²) in [4.78, 5) is 4.26. The summed E-state index contributed by atoms with van der Waals surface area (Å²) in [5, 5.41) is 10.5. The number of aryl methyl sites for hydroxylation is 1. The molecule has 0 fully saturated rings. The standard InChI is InChI=1S/C14H13Br2NO2/c1-8-3-4-12(19-2)10(5-8)14(18)13-11(16)6-9(15)7-17-13/h3-7,14,18H,1-2H3. The molecule has 0 aliphatic rings. The van der Waals surface area contributed by atoms with E-state index in [1.165, 1.54) is 0 Å². The highest BCUT2D eigenvalue weighted by atomic mass is 79.9. The van der Waals surface area contributed by atoms with Crippen LogP contribution in [0, 0.1) is 6.92 Å². The molecule has 1 N–H and O–H groups in total. The molecule has 3 nitrogen and oxygen atoms in total. The Morgan fingerprint density at radius 3 is 2.63 bits per heavy atom. The van der Waals surface area contributed by atoms with Crippen molar-refractivity contribution < 1.29 is 9.84 Å². The highest BCUT2D eigenvalue weighted by Gasteiger charge is 2.19. The Bertz CT molecular complexity index is 602. The molecule has 0 radical (unpaired) electrons. The summed E-state index contributed by atoms with van der Waals surface area (Å²) in [6.45, 7) is 1.97. The van der Waals surface area contributed by atoms with E-state index in [4.69, 9.17) is 4.74 Å². The number of rotatable bonds is 3. The SMILES string of the molecule is COc1ccc(C)cc1C(O)c1ncc(Br)cc1Br. The van der Waals surface area contributed by atoms with Gasteiger partial charge >= 0.3 is 0 Å². The molecule has 0 saturated carbocycles. The van der Waals surface area contributed by atoms with E-state index in [2.05, 4.69) is 36.8 Å². The Morgan fingerprint density at radius 1 is 1.26 bits per heavy atom. The van der Waals surface area contributed by atoms with E-state index in [1.807, 2.05) is 31.2 Å². The number of ether oxygens (including phenoxy) is 1. The van der Waals surface area contributed by atoms with Crippen LogP contribution in [0.2, 0.25) is 0 Å². The lowest BCUT2D eigenvalue weighted by Gasteiger charge is -2.16. The summed E-state index contributed by atoms with van der Waals surface area (Å²) in [6, 6.07) is 7.55. The minimum absolute atomic E-state index is 0.562. The molecule has 1 heterocycles. The van der Waals surface area contributed by atoms with Crippen LogP contribution in [-0.4, -0.2) is 17.2 Å². The molecule has 0 spiro atoms. The summed E-state index contributed by atoms with van der Waals surface area (Å²) in [7, 11) is 1.59. The van der Waals surface area contributed by atoms with Crippen LogP contribution in [0.3, 0.4) is 0 Å². The van der Waals surface area contributed by atoms with Crippen molar-refractivity contribution >= 4 is 31.9 Å². The molecule has 0 bridgehead atoms. The van der Waals surface area contributed by atoms with Crippen molar-refractivity contribution in [2.45, 2.75) is 13.0 Å². The van der Waals surface area contributed by atoms with Crippen molar-refractivity contribution in [2.24, 2.45) is 0 Å². The van der Waals surface area contributed by atoms with Crippen molar-refractivity contribution in [3.8, 4) is 5.75 Å². The van der Waals surface area contributed by atoms with E-state index in [0.717, 1.165) is 14.5 Å².